The van der Waals surface area contributed by atoms with Gasteiger partial charge in [0.05, 0.1) is 5.60 Å². The molecule has 2 saturated carbocycles. The summed E-state index contributed by atoms with van der Waals surface area (Å²) in [5, 5.41) is 11.2. The smallest absolute Gasteiger partial charge is 0.0939 e. The molecule has 2 fully saturated rings. The van der Waals surface area contributed by atoms with Crippen LogP contribution in [0.5, 0.6) is 0 Å². The van der Waals surface area contributed by atoms with Gasteiger partial charge in [0.15, 0.2) is 0 Å². The third-order valence-electron chi connectivity index (χ3n) is 5.65. The van der Waals surface area contributed by atoms with E-state index in [1.54, 1.807) is 0 Å². The van der Waals surface area contributed by atoms with Crippen molar-refractivity contribution in [2.75, 3.05) is 6.54 Å². The van der Waals surface area contributed by atoms with Crippen molar-refractivity contribution < 1.29 is 5.11 Å². The number of fused-ring (bicyclic) bond motifs is 2. The number of nitrogens with two attached hydrogens (primary N) is 1. The largest absolute Gasteiger partial charge is 0.385 e. The number of rotatable bonds is 3. The highest BCUT2D eigenvalue weighted by molar-refractivity contribution is 5.27. The molecule has 0 aliphatic heterocycles. The van der Waals surface area contributed by atoms with Gasteiger partial charge in [0.2, 0.25) is 0 Å². The summed E-state index contributed by atoms with van der Waals surface area (Å²) in [6.07, 6.45) is 4.93. The van der Waals surface area contributed by atoms with Crippen LogP contribution in [0, 0.1) is 17.3 Å². The van der Waals surface area contributed by atoms with E-state index in [4.69, 9.17) is 5.73 Å². The van der Waals surface area contributed by atoms with Crippen molar-refractivity contribution >= 4 is 0 Å². The van der Waals surface area contributed by atoms with Gasteiger partial charge in [-0.2, -0.15) is 0 Å². The molecule has 1 aromatic carbocycles. The Hall–Kier alpha value is -0.860. The molecule has 18 heavy (non-hydrogen) atoms. The van der Waals surface area contributed by atoms with E-state index in [9.17, 15) is 5.11 Å². The van der Waals surface area contributed by atoms with Crippen LogP contribution in [-0.4, -0.2) is 11.7 Å². The van der Waals surface area contributed by atoms with Crippen LogP contribution in [0.1, 0.15) is 38.2 Å². The Balaban J connectivity index is 2.01. The van der Waals surface area contributed by atoms with E-state index in [0.29, 0.717) is 12.5 Å². The van der Waals surface area contributed by atoms with Crippen molar-refractivity contribution in [2.24, 2.45) is 23.0 Å². The molecule has 0 spiro atoms. The van der Waals surface area contributed by atoms with E-state index < -0.39 is 5.60 Å². The van der Waals surface area contributed by atoms with E-state index >= 15 is 0 Å². The van der Waals surface area contributed by atoms with Gasteiger partial charge in [-0.3, -0.25) is 0 Å². The molecule has 0 radical (unpaired) electrons. The zero-order valence-corrected chi connectivity index (χ0v) is 11.1. The standard InChI is InChI=1S/C16H23NO/c1-15(18,13-5-3-2-4-6-13)16(11-17)10-12-7-8-14(16)9-12/h2-6,12,14,18H,7-11,17H2,1H3. The number of benzene rings is 1. The third kappa shape index (κ3) is 1.49. The first-order valence-electron chi connectivity index (χ1n) is 7.08. The first-order valence-corrected chi connectivity index (χ1v) is 7.08. The lowest BCUT2D eigenvalue weighted by atomic mass is 9.60. The molecule has 98 valence electrons. The van der Waals surface area contributed by atoms with Gasteiger partial charge in [0.25, 0.3) is 0 Å². The van der Waals surface area contributed by atoms with Crippen LogP contribution in [0.4, 0.5) is 0 Å². The summed E-state index contributed by atoms with van der Waals surface area (Å²) >= 11 is 0. The van der Waals surface area contributed by atoms with Crippen LogP contribution in [-0.2, 0) is 5.60 Å². The first kappa shape index (κ1) is 12.2. The van der Waals surface area contributed by atoms with Gasteiger partial charge >= 0.3 is 0 Å². The molecule has 3 N–H and O–H groups in total. The quantitative estimate of drug-likeness (QED) is 0.860. The normalized spacial score (nSPS) is 37.7. The van der Waals surface area contributed by atoms with Gasteiger partial charge in [-0.15, -0.1) is 0 Å². The van der Waals surface area contributed by atoms with Crippen molar-refractivity contribution in [3.8, 4) is 0 Å². The number of aliphatic hydroxyl groups is 1. The highest BCUT2D eigenvalue weighted by atomic mass is 16.3. The Bertz CT molecular complexity index is 428. The summed E-state index contributed by atoms with van der Waals surface area (Å²) in [6, 6.07) is 10.1. The molecule has 0 saturated heterocycles. The van der Waals surface area contributed by atoms with Crippen LogP contribution in [0.3, 0.4) is 0 Å². The van der Waals surface area contributed by atoms with Gasteiger partial charge in [-0.25, -0.2) is 0 Å². The average Bonchev–Trinajstić information content (AvgIpc) is 3.00. The fourth-order valence-corrected chi connectivity index (χ4v) is 4.54. The first-order chi connectivity index (χ1) is 8.60. The van der Waals surface area contributed by atoms with E-state index in [-0.39, 0.29) is 5.41 Å². The van der Waals surface area contributed by atoms with Crippen molar-refractivity contribution in [3.63, 3.8) is 0 Å². The minimum Gasteiger partial charge on any atom is -0.385 e. The van der Waals surface area contributed by atoms with E-state index in [2.05, 4.69) is 0 Å². The summed E-state index contributed by atoms with van der Waals surface area (Å²) in [5.41, 5.74) is 6.22. The fourth-order valence-electron chi connectivity index (χ4n) is 4.54. The molecule has 4 atom stereocenters. The van der Waals surface area contributed by atoms with Crippen molar-refractivity contribution in [1.82, 2.24) is 0 Å². The Morgan fingerprint density at radius 1 is 1.33 bits per heavy atom. The predicted molar refractivity (Wildman–Crippen MR) is 72.9 cm³/mol. The van der Waals surface area contributed by atoms with Gasteiger partial charge in [-0.1, -0.05) is 36.8 Å². The molecule has 2 nitrogen and oxygen atoms in total. The Morgan fingerprint density at radius 3 is 2.56 bits per heavy atom. The molecule has 2 aliphatic carbocycles. The van der Waals surface area contributed by atoms with Crippen LogP contribution in [0.15, 0.2) is 30.3 Å². The van der Waals surface area contributed by atoms with Crippen molar-refractivity contribution in [1.29, 1.82) is 0 Å². The lowest BCUT2D eigenvalue weighted by Gasteiger charge is -2.48. The second-order valence-electron chi connectivity index (χ2n) is 6.38. The average molecular weight is 245 g/mol. The number of hydrogen-bond donors (Lipinski definition) is 2. The zero-order chi connectivity index (χ0) is 12.8. The molecule has 2 heteroatoms. The maximum absolute atomic E-state index is 11.2. The maximum Gasteiger partial charge on any atom is 0.0939 e. The van der Waals surface area contributed by atoms with Crippen LogP contribution in [0.25, 0.3) is 0 Å². The molecule has 2 bridgehead atoms. The second kappa shape index (κ2) is 4.07. The Kier molecular flexibility index (Phi) is 2.76. The van der Waals surface area contributed by atoms with Crippen LogP contribution >= 0.6 is 0 Å². The van der Waals surface area contributed by atoms with Crippen LogP contribution < -0.4 is 5.73 Å². The molecule has 0 aromatic heterocycles. The molecule has 4 unspecified atom stereocenters. The molecule has 0 amide bonds. The second-order valence-corrected chi connectivity index (χ2v) is 6.38. The monoisotopic (exact) mass is 245 g/mol. The minimum atomic E-state index is -0.803. The van der Waals surface area contributed by atoms with E-state index in [0.717, 1.165) is 17.9 Å². The van der Waals surface area contributed by atoms with E-state index in [1.807, 2.05) is 37.3 Å². The SMILES string of the molecule is CC(O)(c1ccccc1)C1(CN)CC2CCC1C2. The Morgan fingerprint density at radius 2 is 2.06 bits per heavy atom. The number of hydrogen-bond acceptors (Lipinski definition) is 2. The van der Waals surface area contributed by atoms with Crippen LogP contribution in [0.2, 0.25) is 0 Å². The molecule has 1 aromatic rings. The fraction of sp³-hybridized carbons (Fsp3) is 0.625. The molecule has 0 heterocycles. The maximum atomic E-state index is 11.2. The zero-order valence-electron chi connectivity index (χ0n) is 11.1. The van der Waals surface area contributed by atoms with Gasteiger partial charge in [-0.05, 0) is 43.6 Å². The summed E-state index contributed by atoms with van der Waals surface area (Å²) in [7, 11) is 0. The topological polar surface area (TPSA) is 46.2 Å². The lowest BCUT2D eigenvalue weighted by molar-refractivity contribution is -0.103. The summed E-state index contributed by atoms with van der Waals surface area (Å²) < 4.78 is 0. The van der Waals surface area contributed by atoms with Gasteiger partial charge in [0, 0.05) is 12.0 Å². The predicted octanol–water partition coefficient (Wildman–Crippen LogP) is 2.66. The van der Waals surface area contributed by atoms with Crippen molar-refractivity contribution in [2.45, 2.75) is 38.2 Å². The lowest BCUT2D eigenvalue weighted by Crippen LogP contribution is -2.51. The van der Waals surface area contributed by atoms with Crippen molar-refractivity contribution in [3.05, 3.63) is 35.9 Å². The Labute approximate surface area is 109 Å². The minimum absolute atomic E-state index is 0.114. The summed E-state index contributed by atoms with van der Waals surface area (Å²) in [4.78, 5) is 0. The van der Waals surface area contributed by atoms with Gasteiger partial charge < -0.3 is 10.8 Å². The van der Waals surface area contributed by atoms with E-state index in [1.165, 1.54) is 19.3 Å². The highest BCUT2D eigenvalue weighted by Gasteiger charge is 2.59. The molecule has 3 rings (SSSR count). The summed E-state index contributed by atoms with van der Waals surface area (Å²) in [5.74, 6) is 1.39. The molecular formula is C16H23NO. The third-order valence-corrected chi connectivity index (χ3v) is 5.65. The molecular weight excluding hydrogens is 222 g/mol. The van der Waals surface area contributed by atoms with Gasteiger partial charge in [0.1, 0.15) is 0 Å². The highest BCUT2D eigenvalue weighted by Crippen LogP contribution is 2.62. The summed E-state index contributed by atoms with van der Waals surface area (Å²) in [6.45, 7) is 2.56. The molecule has 2 aliphatic rings.